The molecule has 2 atom stereocenters. The van der Waals surface area contributed by atoms with Gasteiger partial charge in [-0.1, -0.05) is 13.8 Å². The van der Waals surface area contributed by atoms with Crippen LogP contribution in [0.4, 0.5) is 5.69 Å². The van der Waals surface area contributed by atoms with Crippen molar-refractivity contribution in [2.75, 3.05) is 19.8 Å². The Hall–Kier alpha value is -4.08. The Labute approximate surface area is 179 Å². The number of ether oxygens (including phenoxy) is 1. The topological polar surface area (TPSA) is 221 Å². The molecule has 16 nitrogen and oxygen atoms in total. The predicted octanol–water partition coefficient (Wildman–Crippen LogP) is 0.338. The van der Waals surface area contributed by atoms with Gasteiger partial charge in [0.15, 0.2) is 11.9 Å². The molecule has 0 spiro atoms. The fourth-order valence-corrected chi connectivity index (χ4v) is 2.90. The summed E-state index contributed by atoms with van der Waals surface area (Å²) in [7, 11) is 0. The number of nitro groups is 1. The third-order valence-corrected chi connectivity index (χ3v) is 4.58. The summed E-state index contributed by atoms with van der Waals surface area (Å²) in [5.41, 5.74) is 4.67. The normalized spacial score (nSPS) is 14.7. The minimum absolute atomic E-state index is 0.239. The molecule has 0 aliphatic carbocycles. The van der Waals surface area contributed by atoms with Crippen LogP contribution in [0.1, 0.15) is 34.6 Å². The van der Waals surface area contributed by atoms with Crippen LogP contribution >= 0.6 is 0 Å². The van der Waals surface area contributed by atoms with Gasteiger partial charge in [-0.05, 0) is 5.92 Å². The van der Waals surface area contributed by atoms with E-state index in [0.29, 0.717) is 4.90 Å². The van der Waals surface area contributed by atoms with Gasteiger partial charge in [0.2, 0.25) is 0 Å². The Balaban J connectivity index is 2.30. The van der Waals surface area contributed by atoms with Gasteiger partial charge >= 0.3 is 5.69 Å². The molecule has 2 rings (SSSR count). The molecular weight excluding hydrogens is 438 g/mol. The van der Waals surface area contributed by atoms with Gasteiger partial charge in [0, 0.05) is 18.2 Å². The minimum Gasteiger partial charge on any atom is -0.484 e. The first-order chi connectivity index (χ1) is 14.9. The first-order valence-electron chi connectivity index (χ1n) is 9.09. The Kier molecular flexibility index (Phi) is 7.42. The summed E-state index contributed by atoms with van der Waals surface area (Å²) in [5.74, 6) is -2.46. The van der Waals surface area contributed by atoms with E-state index in [1.54, 1.807) is 13.8 Å². The quantitative estimate of drug-likeness (QED) is 0.255. The fraction of sp³-hybridized carbons (Fsp3) is 0.500. The van der Waals surface area contributed by atoms with E-state index in [4.69, 9.17) is 10.5 Å². The summed E-state index contributed by atoms with van der Waals surface area (Å²) in [6.45, 7) is 1.76. The summed E-state index contributed by atoms with van der Waals surface area (Å²) < 4.78 is 5.34. The molecule has 2 unspecified atom stereocenters. The number of hydrogen-bond acceptors (Lipinski definition) is 12. The predicted molar refractivity (Wildman–Crippen MR) is 102 cm³/mol. The second kappa shape index (κ2) is 9.82. The average Bonchev–Trinajstić information content (AvgIpc) is 2.93. The largest absolute Gasteiger partial charge is 0.484 e. The van der Waals surface area contributed by atoms with Crippen LogP contribution < -0.4 is 10.5 Å². The molecule has 1 aromatic rings. The molecule has 2 N–H and O–H groups in total. The van der Waals surface area contributed by atoms with Gasteiger partial charge in [0.05, 0.1) is 22.6 Å². The molecule has 2 amide bonds. The molecule has 1 aliphatic heterocycles. The Bertz CT molecular complexity index is 951. The van der Waals surface area contributed by atoms with Crippen LogP contribution in [-0.2, 0) is 9.68 Å². The Morgan fingerprint density at radius 3 is 2.12 bits per heavy atom. The van der Waals surface area contributed by atoms with Crippen molar-refractivity contribution in [3.8, 4) is 5.75 Å². The number of nitrogens with two attached hydrogens (primary N) is 1. The van der Waals surface area contributed by atoms with Crippen molar-refractivity contribution in [2.24, 2.45) is 11.7 Å². The van der Waals surface area contributed by atoms with Crippen LogP contribution in [0.15, 0.2) is 12.1 Å². The molecule has 0 bridgehead atoms. The Morgan fingerprint density at radius 2 is 1.62 bits per heavy atom. The third-order valence-electron chi connectivity index (χ3n) is 4.58. The lowest BCUT2D eigenvalue weighted by atomic mass is 10.0. The number of benzene rings is 1. The SMILES string of the molecule is CC(C)C(N)C(COc1cc2c(cc1[N+](=O)[O-])C(=O)N(CCO[N+](=O)[O-])C2=O)O[N+](=O)[O-]. The first kappa shape index (κ1) is 24.2. The number of carbonyl (C=O) groups is 2. The highest BCUT2D eigenvalue weighted by Gasteiger charge is 2.39. The molecule has 0 radical (unpaired) electrons. The molecule has 0 saturated heterocycles. The summed E-state index contributed by atoms with van der Waals surface area (Å²) >= 11 is 0. The number of rotatable bonds is 12. The summed E-state index contributed by atoms with van der Waals surface area (Å²) in [6, 6.07) is 0.922. The van der Waals surface area contributed by atoms with Crippen molar-refractivity contribution < 1.29 is 39.1 Å². The van der Waals surface area contributed by atoms with Crippen molar-refractivity contribution >= 4 is 17.5 Å². The zero-order valence-electron chi connectivity index (χ0n) is 16.9. The van der Waals surface area contributed by atoms with Gasteiger partial charge in [0.25, 0.3) is 22.0 Å². The van der Waals surface area contributed by atoms with Crippen molar-refractivity contribution in [1.82, 2.24) is 4.90 Å². The zero-order valence-corrected chi connectivity index (χ0v) is 16.9. The third kappa shape index (κ3) is 5.34. The van der Waals surface area contributed by atoms with Crippen LogP contribution in [-0.4, -0.2) is 63.7 Å². The lowest BCUT2D eigenvalue weighted by molar-refractivity contribution is -0.769. The van der Waals surface area contributed by atoms with Gasteiger partial charge in [-0.15, -0.1) is 20.2 Å². The maximum atomic E-state index is 12.5. The fourth-order valence-electron chi connectivity index (χ4n) is 2.90. The zero-order chi connectivity index (χ0) is 24.2. The van der Waals surface area contributed by atoms with E-state index in [1.165, 1.54) is 0 Å². The van der Waals surface area contributed by atoms with Crippen LogP contribution in [0.25, 0.3) is 0 Å². The number of fused-ring (bicyclic) bond motifs is 1. The smallest absolute Gasteiger partial charge is 0.311 e. The number of nitro benzene ring substituents is 1. The molecule has 174 valence electrons. The number of carbonyl (C=O) groups excluding carboxylic acids is 2. The Morgan fingerprint density at radius 1 is 1.03 bits per heavy atom. The van der Waals surface area contributed by atoms with Gasteiger partial charge < -0.3 is 20.1 Å². The summed E-state index contributed by atoms with van der Waals surface area (Å²) in [6.07, 6.45) is -1.27. The maximum absolute atomic E-state index is 12.5. The molecule has 0 aromatic heterocycles. The van der Waals surface area contributed by atoms with E-state index < -0.39 is 70.3 Å². The second-order valence-corrected chi connectivity index (χ2v) is 6.94. The van der Waals surface area contributed by atoms with E-state index in [9.17, 15) is 39.9 Å². The minimum atomic E-state index is -1.27. The molecule has 0 saturated carbocycles. The molecule has 32 heavy (non-hydrogen) atoms. The van der Waals surface area contributed by atoms with Crippen LogP contribution in [0.2, 0.25) is 0 Å². The highest BCUT2D eigenvalue weighted by Crippen LogP contribution is 2.35. The van der Waals surface area contributed by atoms with Crippen molar-refractivity contribution in [1.29, 1.82) is 0 Å². The average molecular weight is 457 g/mol. The first-order valence-corrected chi connectivity index (χ1v) is 9.09. The van der Waals surface area contributed by atoms with E-state index in [1.807, 2.05) is 0 Å². The van der Waals surface area contributed by atoms with E-state index in [2.05, 4.69) is 9.68 Å². The molecule has 1 aliphatic rings. The highest BCUT2D eigenvalue weighted by molar-refractivity contribution is 6.21. The molecule has 1 heterocycles. The van der Waals surface area contributed by atoms with Gasteiger partial charge in [0.1, 0.15) is 13.2 Å². The van der Waals surface area contributed by atoms with Crippen molar-refractivity contribution in [2.45, 2.75) is 26.0 Å². The van der Waals surface area contributed by atoms with Gasteiger partial charge in [-0.3, -0.25) is 24.6 Å². The molecule has 1 aromatic carbocycles. The number of hydrogen-bond donors (Lipinski definition) is 1. The van der Waals surface area contributed by atoms with Gasteiger partial charge in [-0.25, -0.2) is 0 Å². The monoisotopic (exact) mass is 457 g/mol. The van der Waals surface area contributed by atoms with Crippen LogP contribution in [0.3, 0.4) is 0 Å². The van der Waals surface area contributed by atoms with Crippen LogP contribution in [0, 0.1) is 36.3 Å². The number of amides is 2. The molecule has 16 heteroatoms. The van der Waals surface area contributed by atoms with Crippen molar-refractivity contribution in [3.63, 3.8) is 0 Å². The molecular formula is C16H19N5O11. The van der Waals surface area contributed by atoms with E-state index in [-0.39, 0.29) is 17.0 Å². The summed E-state index contributed by atoms with van der Waals surface area (Å²) in [4.78, 5) is 65.8. The lowest BCUT2D eigenvalue weighted by Crippen LogP contribution is -2.45. The van der Waals surface area contributed by atoms with Crippen molar-refractivity contribution in [3.05, 3.63) is 53.6 Å². The number of imide groups is 1. The van der Waals surface area contributed by atoms with Gasteiger partial charge in [-0.2, -0.15) is 0 Å². The van der Waals surface area contributed by atoms with Crippen LogP contribution in [0.5, 0.6) is 5.75 Å². The lowest BCUT2D eigenvalue weighted by Gasteiger charge is -2.24. The number of nitrogens with zero attached hydrogens (tertiary/aromatic N) is 4. The second-order valence-electron chi connectivity index (χ2n) is 6.94. The summed E-state index contributed by atoms with van der Waals surface area (Å²) in [5, 5.41) is 30.3. The highest BCUT2D eigenvalue weighted by atomic mass is 17.0. The molecule has 0 fully saturated rings. The maximum Gasteiger partial charge on any atom is 0.311 e. The standard InChI is InChI=1S/C16H19N5O11/c1-8(2)14(17)13(32-21(28)29)7-30-12-6-10-9(5-11(12)19(24)25)15(22)18(16(10)23)3-4-31-20(26)27/h5-6,8,13-14H,3-4,7,17H2,1-2H3. The van der Waals surface area contributed by atoms with E-state index in [0.717, 1.165) is 12.1 Å². The van der Waals surface area contributed by atoms with E-state index >= 15 is 0 Å².